The zero-order valence-electron chi connectivity index (χ0n) is 8.09. The summed E-state index contributed by atoms with van der Waals surface area (Å²) in [6.45, 7) is 0. The Labute approximate surface area is 91.8 Å². The first kappa shape index (κ1) is 9.98. The van der Waals surface area contributed by atoms with Crippen LogP contribution < -0.4 is 0 Å². The van der Waals surface area contributed by atoms with Crippen LogP contribution in [0.4, 0.5) is 0 Å². The lowest BCUT2D eigenvalue weighted by Gasteiger charge is -1.93. The van der Waals surface area contributed by atoms with Gasteiger partial charge in [-0.05, 0) is 18.6 Å². The van der Waals surface area contributed by atoms with Gasteiger partial charge < -0.3 is 4.79 Å². The molecule has 0 aliphatic heterocycles. The van der Waals surface area contributed by atoms with E-state index in [1.807, 2.05) is 17.5 Å². The number of thiazole rings is 1. The molecule has 2 rings (SSSR count). The van der Waals surface area contributed by atoms with Crippen molar-refractivity contribution in [2.45, 2.75) is 12.8 Å². The second-order valence-electron chi connectivity index (χ2n) is 3.09. The summed E-state index contributed by atoms with van der Waals surface area (Å²) in [6, 6.07) is 3.87. The molecule has 0 radical (unpaired) electrons. The molecule has 0 N–H and O–H groups in total. The zero-order chi connectivity index (χ0) is 10.5. The Bertz CT molecular complexity index is 439. The molecule has 15 heavy (non-hydrogen) atoms. The van der Waals surface area contributed by atoms with Gasteiger partial charge in [0.05, 0.1) is 5.69 Å². The van der Waals surface area contributed by atoms with Gasteiger partial charge in [0.25, 0.3) is 0 Å². The molecule has 2 aromatic heterocycles. The smallest absolute Gasteiger partial charge is 0.125 e. The van der Waals surface area contributed by atoms with Crippen LogP contribution >= 0.6 is 11.3 Å². The van der Waals surface area contributed by atoms with Crippen LogP contribution in [0.25, 0.3) is 10.6 Å². The predicted molar refractivity (Wildman–Crippen MR) is 59.7 cm³/mol. The Hall–Kier alpha value is -1.55. The van der Waals surface area contributed by atoms with E-state index in [9.17, 15) is 4.79 Å². The van der Waals surface area contributed by atoms with Gasteiger partial charge in [-0.25, -0.2) is 4.98 Å². The Kier molecular flexibility index (Phi) is 3.19. The first-order valence-electron chi connectivity index (χ1n) is 4.68. The third-order valence-corrected chi connectivity index (χ3v) is 2.92. The molecule has 2 heterocycles. The fourth-order valence-corrected chi connectivity index (χ4v) is 2.10. The number of pyridine rings is 1. The molecule has 0 unspecified atom stereocenters. The van der Waals surface area contributed by atoms with E-state index in [1.54, 1.807) is 23.7 Å². The fraction of sp³-hybridized carbons (Fsp3) is 0.182. The highest BCUT2D eigenvalue weighted by molar-refractivity contribution is 7.13. The fourth-order valence-electron chi connectivity index (χ4n) is 1.25. The first-order valence-corrected chi connectivity index (χ1v) is 5.56. The average molecular weight is 218 g/mol. The molecule has 76 valence electrons. The summed E-state index contributed by atoms with van der Waals surface area (Å²) in [4.78, 5) is 18.7. The maximum Gasteiger partial charge on any atom is 0.125 e. The first-order chi connectivity index (χ1) is 7.40. The molecule has 0 fully saturated rings. The highest BCUT2D eigenvalue weighted by Crippen LogP contribution is 2.22. The summed E-state index contributed by atoms with van der Waals surface area (Å²) in [7, 11) is 0. The van der Waals surface area contributed by atoms with Crippen molar-refractivity contribution in [3.63, 3.8) is 0 Å². The van der Waals surface area contributed by atoms with Gasteiger partial charge in [0, 0.05) is 29.8 Å². The second-order valence-corrected chi connectivity index (χ2v) is 3.95. The maximum atomic E-state index is 10.2. The van der Waals surface area contributed by atoms with Gasteiger partial charge in [-0.1, -0.05) is 0 Å². The van der Waals surface area contributed by atoms with Crippen molar-refractivity contribution in [1.29, 1.82) is 0 Å². The summed E-state index contributed by atoms with van der Waals surface area (Å²) in [5.41, 5.74) is 2.01. The molecule has 0 aliphatic carbocycles. The van der Waals surface area contributed by atoms with Crippen LogP contribution in [-0.4, -0.2) is 16.3 Å². The van der Waals surface area contributed by atoms with Crippen LogP contribution in [0.5, 0.6) is 0 Å². The summed E-state index contributed by atoms with van der Waals surface area (Å²) in [6.07, 6.45) is 5.71. The minimum atomic E-state index is 0.538. The number of rotatable bonds is 4. The normalized spacial score (nSPS) is 10.1. The van der Waals surface area contributed by atoms with Crippen molar-refractivity contribution < 1.29 is 4.79 Å². The molecule has 4 heteroatoms. The molecule has 2 aromatic rings. The van der Waals surface area contributed by atoms with E-state index >= 15 is 0 Å². The molecular weight excluding hydrogens is 208 g/mol. The van der Waals surface area contributed by atoms with E-state index in [-0.39, 0.29) is 0 Å². The third-order valence-electron chi connectivity index (χ3n) is 1.98. The van der Waals surface area contributed by atoms with Gasteiger partial charge in [0.2, 0.25) is 0 Å². The standard InChI is InChI=1S/C11H10N2OS/c14-6-2-4-10-8-15-11(13-10)9-3-1-5-12-7-9/h1,3,5-8H,2,4H2. The molecule has 0 saturated heterocycles. The largest absolute Gasteiger partial charge is 0.303 e. The SMILES string of the molecule is O=CCCc1csc(-c2cccnc2)n1. The number of carbonyl (C=O) groups is 1. The molecule has 0 spiro atoms. The highest BCUT2D eigenvalue weighted by atomic mass is 32.1. The number of aromatic nitrogens is 2. The second kappa shape index (κ2) is 4.79. The molecule has 0 aliphatic rings. The van der Waals surface area contributed by atoms with Crippen LogP contribution in [0.1, 0.15) is 12.1 Å². The van der Waals surface area contributed by atoms with Crippen LogP contribution in [0.3, 0.4) is 0 Å². The predicted octanol–water partition coefficient (Wildman–Crippen LogP) is 2.34. The molecule has 0 amide bonds. The van der Waals surface area contributed by atoms with E-state index in [0.717, 1.165) is 29.0 Å². The third kappa shape index (κ3) is 2.47. The van der Waals surface area contributed by atoms with E-state index < -0.39 is 0 Å². The van der Waals surface area contributed by atoms with E-state index in [1.165, 1.54) is 0 Å². The molecular formula is C11H10N2OS. The Balaban J connectivity index is 2.17. The molecule has 0 aromatic carbocycles. The van der Waals surface area contributed by atoms with Gasteiger partial charge >= 0.3 is 0 Å². The summed E-state index contributed by atoms with van der Waals surface area (Å²) in [5.74, 6) is 0. The van der Waals surface area contributed by atoms with E-state index in [4.69, 9.17) is 0 Å². The minimum Gasteiger partial charge on any atom is -0.303 e. The van der Waals surface area contributed by atoms with Gasteiger partial charge in [-0.3, -0.25) is 4.98 Å². The number of hydrogen-bond donors (Lipinski definition) is 0. The monoisotopic (exact) mass is 218 g/mol. The summed E-state index contributed by atoms with van der Waals surface area (Å²) >= 11 is 1.59. The number of hydrogen-bond acceptors (Lipinski definition) is 4. The van der Waals surface area contributed by atoms with Crippen LogP contribution in [0.2, 0.25) is 0 Å². The lowest BCUT2D eigenvalue weighted by molar-refractivity contribution is -0.107. The maximum absolute atomic E-state index is 10.2. The van der Waals surface area contributed by atoms with Gasteiger partial charge in [0.1, 0.15) is 11.3 Å². The number of aryl methyl sites for hydroxylation is 1. The Morgan fingerprint density at radius 3 is 3.13 bits per heavy atom. The van der Waals surface area contributed by atoms with E-state index in [2.05, 4.69) is 9.97 Å². The molecule has 3 nitrogen and oxygen atoms in total. The van der Waals surface area contributed by atoms with Gasteiger partial charge in [-0.2, -0.15) is 0 Å². The number of aldehydes is 1. The van der Waals surface area contributed by atoms with Crippen LogP contribution in [0.15, 0.2) is 29.9 Å². The lowest BCUT2D eigenvalue weighted by atomic mass is 10.2. The van der Waals surface area contributed by atoms with Crippen LogP contribution in [0, 0.1) is 0 Å². The van der Waals surface area contributed by atoms with Crippen molar-refractivity contribution >= 4 is 17.6 Å². The van der Waals surface area contributed by atoms with Crippen LogP contribution in [-0.2, 0) is 11.2 Å². The quantitative estimate of drug-likeness (QED) is 0.740. The summed E-state index contributed by atoms with van der Waals surface area (Å²) < 4.78 is 0. The van der Waals surface area contributed by atoms with Crippen molar-refractivity contribution in [3.8, 4) is 10.6 Å². The van der Waals surface area contributed by atoms with Gasteiger partial charge in [0.15, 0.2) is 0 Å². The molecule has 0 atom stereocenters. The zero-order valence-corrected chi connectivity index (χ0v) is 8.91. The van der Waals surface area contributed by atoms with Gasteiger partial charge in [-0.15, -0.1) is 11.3 Å². The van der Waals surface area contributed by atoms with Crippen molar-refractivity contribution in [3.05, 3.63) is 35.6 Å². The minimum absolute atomic E-state index is 0.538. The summed E-state index contributed by atoms with van der Waals surface area (Å²) in [5, 5.41) is 2.95. The average Bonchev–Trinajstić information content (AvgIpc) is 2.76. The molecule has 0 bridgehead atoms. The Morgan fingerprint density at radius 2 is 2.40 bits per heavy atom. The number of nitrogens with zero attached hydrogens (tertiary/aromatic N) is 2. The van der Waals surface area contributed by atoms with Crippen molar-refractivity contribution in [2.24, 2.45) is 0 Å². The van der Waals surface area contributed by atoms with E-state index in [0.29, 0.717) is 6.42 Å². The van der Waals surface area contributed by atoms with Crippen molar-refractivity contribution in [2.75, 3.05) is 0 Å². The highest BCUT2D eigenvalue weighted by Gasteiger charge is 2.03. The molecule has 0 saturated carbocycles. The van der Waals surface area contributed by atoms with Crippen molar-refractivity contribution in [1.82, 2.24) is 9.97 Å². The number of carbonyl (C=O) groups excluding carboxylic acids is 1. The lowest BCUT2D eigenvalue weighted by Crippen LogP contribution is -1.86. The topological polar surface area (TPSA) is 42.9 Å². The Morgan fingerprint density at radius 1 is 1.47 bits per heavy atom.